The van der Waals surface area contributed by atoms with Crippen molar-refractivity contribution < 1.29 is 9.18 Å². The molecular weight excluding hydrogens is 295 g/mol. The van der Waals surface area contributed by atoms with E-state index in [0.717, 1.165) is 37.5 Å². The summed E-state index contributed by atoms with van der Waals surface area (Å²) in [7, 11) is 0. The van der Waals surface area contributed by atoms with E-state index in [0.29, 0.717) is 24.1 Å². The second kappa shape index (κ2) is 6.89. The van der Waals surface area contributed by atoms with Gasteiger partial charge in [-0.3, -0.25) is 4.79 Å². The van der Waals surface area contributed by atoms with E-state index >= 15 is 0 Å². The van der Waals surface area contributed by atoms with E-state index in [1.54, 1.807) is 19.1 Å². The highest BCUT2D eigenvalue weighted by atomic mass is 19.1. The molecule has 2 aromatic rings. The maximum absolute atomic E-state index is 13.5. The third-order valence-electron chi connectivity index (χ3n) is 4.25. The van der Waals surface area contributed by atoms with Crippen LogP contribution in [0.2, 0.25) is 0 Å². The van der Waals surface area contributed by atoms with Gasteiger partial charge in [0.15, 0.2) is 0 Å². The summed E-state index contributed by atoms with van der Waals surface area (Å²) in [5, 5.41) is 11.3. The topological polar surface area (TPSA) is 59.8 Å². The lowest BCUT2D eigenvalue weighted by Crippen LogP contribution is -2.26. The monoisotopic (exact) mass is 316 g/mol. The van der Waals surface area contributed by atoms with Crippen LogP contribution in [-0.4, -0.2) is 27.2 Å². The summed E-state index contributed by atoms with van der Waals surface area (Å²) in [6, 6.07) is 4.52. The Labute approximate surface area is 134 Å². The molecule has 122 valence electrons. The lowest BCUT2D eigenvalue weighted by molar-refractivity contribution is 0.0953. The van der Waals surface area contributed by atoms with Gasteiger partial charge in [0, 0.05) is 31.5 Å². The number of aryl methyl sites for hydroxylation is 2. The van der Waals surface area contributed by atoms with Crippen LogP contribution < -0.4 is 5.32 Å². The van der Waals surface area contributed by atoms with Crippen LogP contribution in [0.25, 0.3) is 0 Å². The number of fused-ring (bicyclic) bond motifs is 1. The van der Waals surface area contributed by atoms with Gasteiger partial charge in [-0.05, 0) is 37.5 Å². The summed E-state index contributed by atoms with van der Waals surface area (Å²) >= 11 is 0. The molecule has 2 heterocycles. The Kier molecular flexibility index (Phi) is 4.69. The Hall–Kier alpha value is -2.24. The smallest absolute Gasteiger partial charge is 0.251 e. The molecule has 5 nitrogen and oxygen atoms in total. The molecule has 1 aromatic carbocycles. The van der Waals surface area contributed by atoms with Crippen LogP contribution in [0.15, 0.2) is 18.2 Å². The minimum atomic E-state index is -0.361. The van der Waals surface area contributed by atoms with Gasteiger partial charge >= 0.3 is 0 Å². The van der Waals surface area contributed by atoms with Crippen LogP contribution in [0.4, 0.5) is 4.39 Å². The zero-order valence-corrected chi connectivity index (χ0v) is 13.3. The molecule has 0 atom stereocenters. The van der Waals surface area contributed by atoms with Crippen LogP contribution in [0.5, 0.6) is 0 Å². The third kappa shape index (κ3) is 3.57. The molecule has 0 saturated carbocycles. The average molecular weight is 316 g/mol. The number of aromatic nitrogens is 3. The van der Waals surface area contributed by atoms with E-state index in [2.05, 4.69) is 20.1 Å². The number of hydrogen-bond acceptors (Lipinski definition) is 3. The zero-order chi connectivity index (χ0) is 16.2. The molecule has 6 heteroatoms. The van der Waals surface area contributed by atoms with Crippen molar-refractivity contribution in [3.8, 4) is 0 Å². The molecule has 1 aliphatic rings. The van der Waals surface area contributed by atoms with Crippen molar-refractivity contribution in [3.63, 3.8) is 0 Å². The normalized spacial score (nSPS) is 14.2. The molecule has 0 bridgehead atoms. The number of benzene rings is 1. The molecule has 1 aliphatic heterocycles. The number of carbonyl (C=O) groups is 1. The zero-order valence-electron chi connectivity index (χ0n) is 13.3. The number of nitrogens with one attached hydrogen (secondary N) is 1. The summed E-state index contributed by atoms with van der Waals surface area (Å²) < 4.78 is 15.7. The molecule has 0 fully saturated rings. The molecule has 0 unspecified atom stereocenters. The Balaban J connectivity index is 1.58. The summed E-state index contributed by atoms with van der Waals surface area (Å²) in [5.74, 6) is 1.33. The predicted molar refractivity (Wildman–Crippen MR) is 84.8 cm³/mol. The Bertz CT molecular complexity index is 711. The molecule has 0 radical (unpaired) electrons. The fraction of sp³-hybridized carbons (Fsp3) is 0.471. The first-order valence-corrected chi connectivity index (χ1v) is 8.10. The molecule has 0 aliphatic carbocycles. The van der Waals surface area contributed by atoms with Gasteiger partial charge in [-0.25, -0.2) is 4.39 Å². The maximum atomic E-state index is 13.5. The van der Waals surface area contributed by atoms with Gasteiger partial charge < -0.3 is 9.88 Å². The van der Waals surface area contributed by atoms with Crippen molar-refractivity contribution in [1.29, 1.82) is 0 Å². The van der Waals surface area contributed by atoms with E-state index in [1.165, 1.54) is 12.5 Å². The van der Waals surface area contributed by atoms with Crippen LogP contribution in [-0.2, 0) is 19.4 Å². The standard InChI is InChI=1S/C17H21FN4O/c1-12-6-7-13(11-14(12)18)17(23)19-9-8-16-21-20-15-5-3-2-4-10-22(15)16/h6-7,11H,2-5,8-10H2,1H3,(H,19,23). The number of nitrogens with zero attached hydrogens (tertiary/aromatic N) is 3. The van der Waals surface area contributed by atoms with Crippen LogP contribution in [0.3, 0.4) is 0 Å². The van der Waals surface area contributed by atoms with Crippen LogP contribution in [0, 0.1) is 12.7 Å². The van der Waals surface area contributed by atoms with Crippen molar-refractivity contribution in [3.05, 3.63) is 46.8 Å². The fourth-order valence-corrected chi connectivity index (χ4v) is 2.85. The van der Waals surface area contributed by atoms with Gasteiger partial charge in [0.1, 0.15) is 17.5 Å². The number of halogens is 1. The molecule has 3 rings (SSSR count). The summed E-state index contributed by atoms with van der Waals surface area (Å²) in [4.78, 5) is 12.1. The second-order valence-corrected chi connectivity index (χ2v) is 5.96. The van der Waals surface area contributed by atoms with Gasteiger partial charge in [-0.1, -0.05) is 12.5 Å². The number of rotatable bonds is 4. The Morgan fingerprint density at radius 2 is 2.17 bits per heavy atom. The van der Waals surface area contributed by atoms with E-state index in [-0.39, 0.29) is 11.7 Å². The van der Waals surface area contributed by atoms with Crippen LogP contribution >= 0.6 is 0 Å². The Morgan fingerprint density at radius 1 is 1.30 bits per heavy atom. The molecule has 0 saturated heterocycles. The quantitative estimate of drug-likeness (QED) is 0.942. The molecule has 23 heavy (non-hydrogen) atoms. The van der Waals surface area contributed by atoms with Gasteiger partial charge in [0.05, 0.1) is 0 Å². The van der Waals surface area contributed by atoms with Crippen molar-refractivity contribution >= 4 is 5.91 Å². The lowest BCUT2D eigenvalue weighted by atomic mass is 10.1. The SMILES string of the molecule is Cc1ccc(C(=O)NCCc2nnc3n2CCCCC3)cc1F. The van der Waals surface area contributed by atoms with Crippen molar-refractivity contribution in [1.82, 2.24) is 20.1 Å². The van der Waals surface area contributed by atoms with Crippen LogP contribution in [0.1, 0.15) is 46.8 Å². The van der Waals surface area contributed by atoms with Gasteiger partial charge in [-0.2, -0.15) is 0 Å². The maximum Gasteiger partial charge on any atom is 0.251 e. The van der Waals surface area contributed by atoms with Gasteiger partial charge in [0.2, 0.25) is 0 Å². The third-order valence-corrected chi connectivity index (χ3v) is 4.25. The van der Waals surface area contributed by atoms with Gasteiger partial charge in [0.25, 0.3) is 5.91 Å². The molecular formula is C17H21FN4O. The van der Waals surface area contributed by atoms with Crippen molar-refractivity contribution in [2.45, 2.75) is 45.6 Å². The molecule has 1 N–H and O–H groups in total. The average Bonchev–Trinajstić information content (AvgIpc) is 2.77. The lowest BCUT2D eigenvalue weighted by Gasteiger charge is -2.08. The summed E-state index contributed by atoms with van der Waals surface area (Å²) in [6.45, 7) is 3.09. The van der Waals surface area contributed by atoms with E-state index < -0.39 is 0 Å². The molecule has 1 aromatic heterocycles. The minimum Gasteiger partial charge on any atom is -0.352 e. The van der Waals surface area contributed by atoms with Gasteiger partial charge in [-0.15, -0.1) is 10.2 Å². The Morgan fingerprint density at radius 3 is 3.00 bits per heavy atom. The fourth-order valence-electron chi connectivity index (χ4n) is 2.85. The first kappa shape index (κ1) is 15.6. The molecule has 1 amide bonds. The highest BCUT2D eigenvalue weighted by molar-refractivity contribution is 5.94. The summed E-state index contributed by atoms with van der Waals surface area (Å²) in [6.07, 6.45) is 5.13. The highest BCUT2D eigenvalue weighted by Crippen LogP contribution is 2.14. The van der Waals surface area contributed by atoms with E-state index in [9.17, 15) is 9.18 Å². The largest absolute Gasteiger partial charge is 0.352 e. The minimum absolute atomic E-state index is 0.264. The number of hydrogen-bond donors (Lipinski definition) is 1. The second-order valence-electron chi connectivity index (χ2n) is 5.96. The summed E-state index contributed by atoms with van der Waals surface area (Å²) in [5.41, 5.74) is 0.876. The van der Waals surface area contributed by atoms with Crippen molar-refractivity contribution in [2.24, 2.45) is 0 Å². The predicted octanol–water partition coefficient (Wildman–Crippen LogP) is 2.42. The van der Waals surface area contributed by atoms with E-state index in [1.807, 2.05) is 0 Å². The molecule has 0 spiro atoms. The number of amides is 1. The number of carbonyl (C=O) groups excluding carboxylic acids is 1. The first-order valence-electron chi connectivity index (χ1n) is 8.10. The highest BCUT2D eigenvalue weighted by Gasteiger charge is 2.15. The van der Waals surface area contributed by atoms with E-state index in [4.69, 9.17) is 0 Å². The van der Waals surface area contributed by atoms with Crippen molar-refractivity contribution in [2.75, 3.05) is 6.54 Å². The first-order chi connectivity index (χ1) is 11.1.